The third-order valence-electron chi connectivity index (χ3n) is 5.49. The van der Waals surface area contributed by atoms with Gasteiger partial charge in [0.25, 0.3) is 0 Å². The normalized spacial score (nSPS) is 37.1. The van der Waals surface area contributed by atoms with E-state index in [9.17, 15) is 0 Å². The zero-order valence-corrected chi connectivity index (χ0v) is 11.2. The summed E-state index contributed by atoms with van der Waals surface area (Å²) >= 11 is 0. The maximum Gasteiger partial charge on any atom is -0.0192 e. The minimum absolute atomic E-state index is 0.933. The average molecular weight is 238 g/mol. The Morgan fingerprint density at radius 1 is 0.833 bits per heavy atom. The molecule has 0 heterocycles. The van der Waals surface area contributed by atoms with Gasteiger partial charge in [-0.15, -0.1) is 0 Å². The number of benzene rings is 1. The molecule has 4 aliphatic carbocycles. The van der Waals surface area contributed by atoms with E-state index >= 15 is 0 Å². The van der Waals surface area contributed by atoms with Crippen molar-refractivity contribution in [2.75, 3.05) is 0 Å². The number of hydrogen-bond acceptors (Lipinski definition) is 0. The van der Waals surface area contributed by atoms with E-state index in [1.54, 1.807) is 12.0 Å². The van der Waals surface area contributed by atoms with Crippen LogP contribution in [0, 0.1) is 30.6 Å². The number of rotatable bonds is 1. The van der Waals surface area contributed by atoms with Crippen LogP contribution >= 0.6 is 0 Å². The van der Waals surface area contributed by atoms with Gasteiger partial charge in [-0.3, -0.25) is 0 Å². The highest BCUT2D eigenvalue weighted by molar-refractivity contribution is 5.55. The maximum atomic E-state index is 2.52. The van der Waals surface area contributed by atoms with Gasteiger partial charge in [-0.1, -0.05) is 41.5 Å². The van der Waals surface area contributed by atoms with Crippen molar-refractivity contribution < 1.29 is 0 Å². The largest absolute Gasteiger partial charge is 0.0634 e. The second kappa shape index (κ2) is 3.98. The molecular weight excluding hydrogens is 216 g/mol. The Balaban J connectivity index is 1.66. The van der Waals surface area contributed by atoms with Crippen molar-refractivity contribution in [1.82, 2.24) is 0 Å². The zero-order chi connectivity index (χ0) is 12.1. The van der Waals surface area contributed by atoms with E-state index in [1.165, 1.54) is 36.8 Å². The molecule has 18 heavy (non-hydrogen) atoms. The van der Waals surface area contributed by atoms with E-state index in [0.717, 1.165) is 23.7 Å². The highest BCUT2D eigenvalue weighted by atomic mass is 14.5. The monoisotopic (exact) mass is 238 g/mol. The van der Waals surface area contributed by atoms with Gasteiger partial charge in [-0.2, -0.15) is 0 Å². The number of allylic oxidation sites excluding steroid dienone is 1. The van der Waals surface area contributed by atoms with Crippen molar-refractivity contribution in [3.63, 3.8) is 0 Å². The van der Waals surface area contributed by atoms with E-state index in [1.807, 2.05) is 0 Å². The summed E-state index contributed by atoms with van der Waals surface area (Å²) in [5, 5.41) is 0. The Bertz CT molecular complexity index is 447. The summed E-state index contributed by atoms with van der Waals surface area (Å²) in [6.45, 7) is 2.17. The summed E-state index contributed by atoms with van der Waals surface area (Å²) in [7, 11) is 0. The molecule has 4 bridgehead atoms. The average Bonchev–Trinajstić information content (AvgIpc) is 2.35. The van der Waals surface area contributed by atoms with Gasteiger partial charge >= 0.3 is 0 Å². The molecule has 5 rings (SSSR count). The summed E-state index contributed by atoms with van der Waals surface area (Å²) < 4.78 is 0. The summed E-state index contributed by atoms with van der Waals surface area (Å²) in [6, 6.07) is 9.05. The van der Waals surface area contributed by atoms with Crippen LogP contribution in [0.15, 0.2) is 29.8 Å². The predicted octanol–water partition coefficient (Wildman–Crippen LogP) is 4.83. The lowest BCUT2D eigenvalue weighted by Crippen LogP contribution is -2.40. The minimum Gasteiger partial charge on any atom is -0.0634 e. The Kier molecular flexibility index (Phi) is 2.40. The third kappa shape index (κ3) is 1.74. The van der Waals surface area contributed by atoms with E-state index in [0.29, 0.717) is 0 Å². The van der Waals surface area contributed by atoms with Crippen LogP contribution in [0.3, 0.4) is 0 Å². The van der Waals surface area contributed by atoms with E-state index in [2.05, 4.69) is 37.3 Å². The van der Waals surface area contributed by atoms with Crippen LogP contribution in [0.4, 0.5) is 0 Å². The maximum absolute atomic E-state index is 2.52. The van der Waals surface area contributed by atoms with Crippen molar-refractivity contribution in [1.29, 1.82) is 0 Å². The fourth-order valence-corrected chi connectivity index (χ4v) is 4.82. The Hall–Kier alpha value is -1.04. The molecule has 1 aromatic carbocycles. The van der Waals surface area contributed by atoms with Crippen LogP contribution in [0.5, 0.6) is 0 Å². The molecule has 0 saturated heterocycles. The summed E-state index contributed by atoms with van der Waals surface area (Å²) in [5.74, 6) is 4.01. The molecule has 0 heteroatoms. The van der Waals surface area contributed by atoms with Gasteiger partial charge in [0.05, 0.1) is 0 Å². The quantitative estimate of drug-likeness (QED) is 0.657. The lowest BCUT2D eigenvalue weighted by Gasteiger charge is -2.51. The molecule has 4 fully saturated rings. The number of aryl methyl sites for hydroxylation is 1. The molecule has 4 saturated carbocycles. The first-order valence-electron chi connectivity index (χ1n) is 7.56. The summed E-state index contributed by atoms with van der Waals surface area (Å²) in [6.07, 6.45) is 10.0. The molecule has 0 N–H and O–H groups in total. The van der Waals surface area contributed by atoms with Gasteiger partial charge in [0, 0.05) is 0 Å². The van der Waals surface area contributed by atoms with Crippen LogP contribution in [-0.4, -0.2) is 0 Å². The van der Waals surface area contributed by atoms with E-state index < -0.39 is 0 Å². The second-order valence-electron chi connectivity index (χ2n) is 6.86. The standard InChI is InChI=1S/C18H22/c1-12-2-4-13(5-3-12)11-18-16-7-14-6-15(9-16)10-17(18)8-14/h2-5,11,14-17H,6-10H2,1H3. The molecule has 1 aromatic rings. The smallest absolute Gasteiger partial charge is 0.0192 e. The molecule has 0 unspecified atom stereocenters. The first-order valence-corrected chi connectivity index (χ1v) is 7.56. The molecular formula is C18H22. The third-order valence-corrected chi connectivity index (χ3v) is 5.49. The molecule has 0 aromatic heterocycles. The van der Waals surface area contributed by atoms with Crippen molar-refractivity contribution in [2.24, 2.45) is 23.7 Å². The molecule has 94 valence electrons. The minimum atomic E-state index is 0.933. The van der Waals surface area contributed by atoms with Crippen LogP contribution in [0.1, 0.15) is 43.2 Å². The topological polar surface area (TPSA) is 0 Å². The van der Waals surface area contributed by atoms with Crippen LogP contribution in [-0.2, 0) is 0 Å². The Morgan fingerprint density at radius 3 is 1.94 bits per heavy atom. The fourth-order valence-electron chi connectivity index (χ4n) is 4.82. The first-order chi connectivity index (χ1) is 8.78. The summed E-state index contributed by atoms with van der Waals surface area (Å²) in [5.41, 5.74) is 4.58. The molecule has 0 spiro atoms. The van der Waals surface area contributed by atoms with Crippen LogP contribution in [0.2, 0.25) is 0 Å². The molecule has 0 radical (unpaired) electrons. The highest BCUT2D eigenvalue weighted by Gasteiger charge is 2.44. The molecule has 0 nitrogen and oxygen atoms in total. The molecule has 4 aliphatic rings. The Morgan fingerprint density at radius 2 is 1.39 bits per heavy atom. The van der Waals surface area contributed by atoms with E-state index in [-0.39, 0.29) is 0 Å². The van der Waals surface area contributed by atoms with Crippen molar-refractivity contribution in [3.8, 4) is 0 Å². The van der Waals surface area contributed by atoms with Gasteiger partial charge in [0.15, 0.2) is 0 Å². The molecule has 0 atom stereocenters. The highest BCUT2D eigenvalue weighted by Crippen LogP contribution is 2.56. The van der Waals surface area contributed by atoms with Crippen LogP contribution in [0.25, 0.3) is 6.08 Å². The van der Waals surface area contributed by atoms with Crippen LogP contribution < -0.4 is 0 Å². The van der Waals surface area contributed by atoms with Gasteiger partial charge in [0.2, 0.25) is 0 Å². The lowest BCUT2D eigenvalue weighted by atomic mass is 9.54. The van der Waals surface area contributed by atoms with Gasteiger partial charge in [-0.05, 0) is 68.3 Å². The molecule has 0 aliphatic heterocycles. The predicted molar refractivity (Wildman–Crippen MR) is 76.2 cm³/mol. The summed E-state index contributed by atoms with van der Waals surface area (Å²) in [4.78, 5) is 0. The van der Waals surface area contributed by atoms with E-state index in [4.69, 9.17) is 0 Å². The zero-order valence-electron chi connectivity index (χ0n) is 11.2. The first kappa shape index (κ1) is 10.8. The van der Waals surface area contributed by atoms with Gasteiger partial charge < -0.3 is 0 Å². The van der Waals surface area contributed by atoms with Crippen molar-refractivity contribution in [3.05, 3.63) is 41.0 Å². The van der Waals surface area contributed by atoms with Crippen molar-refractivity contribution >= 4 is 6.08 Å². The van der Waals surface area contributed by atoms with Gasteiger partial charge in [0.1, 0.15) is 0 Å². The Labute approximate surface area is 110 Å². The van der Waals surface area contributed by atoms with Gasteiger partial charge in [-0.25, -0.2) is 0 Å². The lowest BCUT2D eigenvalue weighted by molar-refractivity contribution is 0.0710. The second-order valence-corrected chi connectivity index (χ2v) is 6.86. The fraction of sp³-hybridized carbons (Fsp3) is 0.556. The molecule has 0 amide bonds. The SMILES string of the molecule is Cc1ccc(C=C2C3CC4CC(C3)CC2C4)cc1. The van der Waals surface area contributed by atoms with Crippen molar-refractivity contribution in [2.45, 2.75) is 39.0 Å². The number of hydrogen-bond donors (Lipinski definition) is 0.